The van der Waals surface area contributed by atoms with Crippen LogP contribution in [0.25, 0.3) is 5.65 Å². The van der Waals surface area contributed by atoms with E-state index >= 15 is 0 Å². The largest absolute Gasteiger partial charge is 0.516 e. The van der Waals surface area contributed by atoms with Crippen molar-refractivity contribution in [3.63, 3.8) is 0 Å². The fraction of sp³-hybridized carbons (Fsp3) is 0.318. The normalized spacial score (nSPS) is 14.8. The molecule has 36 heavy (non-hydrogen) atoms. The Labute approximate surface area is 210 Å². The van der Waals surface area contributed by atoms with Gasteiger partial charge in [-0.3, -0.25) is 14.2 Å². The number of anilines is 1. The summed E-state index contributed by atoms with van der Waals surface area (Å²) in [6.45, 7) is 2.88. The third-order valence-corrected chi connectivity index (χ3v) is 7.45. The summed E-state index contributed by atoms with van der Waals surface area (Å²) in [7, 11) is -5.49. The molecule has 192 valence electrons. The van der Waals surface area contributed by atoms with Crippen molar-refractivity contribution in [1.82, 2.24) is 19.0 Å². The van der Waals surface area contributed by atoms with Gasteiger partial charge in [-0.15, -0.1) is 0 Å². The predicted molar refractivity (Wildman–Crippen MR) is 129 cm³/mol. The molecule has 0 fully saturated rings. The molecule has 14 heteroatoms. The number of nitrogens with one attached hydrogen (secondary N) is 1. The zero-order valence-electron chi connectivity index (χ0n) is 19.3. The maximum Gasteiger partial charge on any atom is 0.516 e. The third-order valence-electron chi connectivity index (χ3n) is 5.62. The lowest BCUT2D eigenvalue weighted by atomic mass is 10.2. The maximum atomic E-state index is 12.9. The fourth-order valence-electron chi connectivity index (χ4n) is 3.83. The van der Waals surface area contributed by atoms with Gasteiger partial charge in [-0.05, 0) is 43.2 Å². The number of pyridine rings is 1. The van der Waals surface area contributed by atoms with Crippen LogP contribution in [-0.2, 0) is 23.0 Å². The van der Waals surface area contributed by atoms with Crippen molar-refractivity contribution in [2.75, 3.05) is 18.1 Å². The van der Waals surface area contributed by atoms with E-state index in [9.17, 15) is 26.4 Å². The van der Waals surface area contributed by atoms with Gasteiger partial charge < -0.3 is 5.32 Å². The number of hydrogen-bond donors (Lipinski definition) is 1. The average Bonchev–Trinajstić information content (AvgIpc) is 3.19. The van der Waals surface area contributed by atoms with Crippen molar-refractivity contribution in [3.8, 4) is 0 Å². The van der Waals surface area contributed by atoms with E-state index in [0.717, 1.165) is 5.56 Å². The Kier molecular flexibility index (Phi) is 6.88. The van der Waals surface area contributed by atoms with Crippen molar-refractivity contribution in [3.05, 3.63) is 64.6 Å². The van der Waals surface area contributed by atoms with Gasteiger partial charge in [0.1, 0.15) is 17.2 Å². The molecule has 3 aromatic rings. The highest BCUT2D eigenvalue weighted by molar-refractivity contribution is 7.90. The van der Waals surface area contributed by atoms with Crippen LogP contribution in [0.1, 0.15) is 35.6 Å². The van der Waals surface area contributed by atoms with Gasteiger partial charge in [0.05, 0.1) is 29.5 Å². The van der Waals surface area contributed by atoms with Crippen molar-refractivity contribution in [2.45, 2.75) is 32.3 Å². The molecule has 1 aromatic carbocycles. The van der Waals surface area contributed by atoms with Crippen molar-refractivity contribution in [2.24, 2.45) is 5.10 Å². The van der Waals surface area contributed by atoms with Crippen LogP contribution in [0.15, 0.2) is 47.7 Å². The Morgan fingerprint density at radius 3 is 2.44 bits per heavy atom. The Hall–Kier alpha value is -3.32. The summed E-state index contributed by atoms with van der Waals surface area (Å²) in [5.41, 5.74) is -2.39. The minimum atomic E-state index is -5.49. The maximum absolute atomic E-state index is 12.9. The number of aromatic nitrogens is 2. The average molecular weight is 543 g/mol. The minimum Gasteiger partial charge on any atom is -0.347 e. The molecule has 0 unspecified atom stereocenters. The molecular formula is C22H22ClF3N6O3S. The summed E-state index contributed by atoms with van der Waals surface area (Å²) in [5, 5.41) is 8.78. The first-order valence-corrected chi connectivity index (χ1v) is 12.7. The number of amidine groups is 1. The SMILES string of the molecule is CCc1nc2ccc(Cl)cn2c1C(=O)NCc1ccc(N2CCN(S(=O)(=O)C(F)(F)F)C(C)=N2)cc1. The molecule has 1 N–H and O–H groups in total. The number of hydrogen-bond acceptors (Lipinski definition) is 6. The number of sulfonamides is 1. The zero-order chi connectivity index (χ0) is 26.3. The Balaban J connectivity index is 1.45. The van der Waals surface area contributed by atoms with E-state index in [1.807, 2.05) is 6.92 Å². The highest BCUT2D eigenvalue weighted by Crippen LogP contribution is 2.29. The van der Waals surface area contributed by atoms with Crippen LogP contribution in [-0.4, -0.2) is 52.4 Å². The number of alkyl halides is 3. The van der Waals surface area contributed by atoms with Crippen molar-refractivity contribution < 1.29 is 26.4 Å². The van der Waals surface area contributed by atoms with E-state index in [0.29, 0.717) is 34.2 Å². The second kappa shape index (κ2) is 9.62. The fourth-order valence-corrected chi connectivity index (χ4v) is 4.95. The molecule has 9 nitrogen and oxygen atoms in total. The monoisotopic (exact) mass is 542 g/mol. The molecule has 1 aliphatic rings. The molecule has 0 saturated heterocycles. The first-order chi connectivity index (χ1) is 16.9. The summed E-state index contributed by atoms with van der Waals surface area (Å²) in [6, 6.07) is 10.3. The quantitative estimate of drug-likeness (QED) is 0.511. The van der Waals surface area contributed by atoms with Gasteiger partial charge in [0.25, 0.3) is 5.91 Å². The number of nitrogens with zero attached hydrogens (tertiary/aromatic N) is 5. The molecule has 0 bridgehead atoms. The molecule has 0 atom stereocenters. The number of halogens is 4. The number of amides is 1. The van der Waals surface area contributed by atoms with Crippen LogP contribution in [0, 0.1) is 0 Å². The van der Waals surface area contributed by atoms with E-state index in [4.69, 9.17) is 11.6 Å². The Morgan fingerprint density at radius 1 is 1.14 bits per heavy atom. The lowest BCUT2D eigenvalue weighted by Gasteiger charge is -2.33. The molecule has 4 rings (SSSR count). The van der Waals surface area contributed by atoms with Crippen LogP contribution in [0.3, 0.4) is 0 Å². The van der Waals surface area contributed by atoms with Crippen LogP contribution in [0.5, 0.6) is 0 Å². The van der Waals surface area contributed by atoms with Crippen LogP contribution >= 0.6 is 11.6 Å². The van der Waals surface area contributed by atoms with Gasteiger partial charge in [0.2, 0.25) is 0 Å². The van der Waals surface area contributed by atoms with Gasteiger partial charge in [0, 0.05) is 12.7 Å². The van der Waals surface area contributed by atoms with Crippen LogP contribution in [0.4, 0.5) is 18.9 Å². The lowest BCUT2D eigenvalue weighted by Crippen LogP contribution is -2.50. The van der Waals surface area contributed by atoms with Crippen LogP contribution < -0.4 is 10.3 Å². The summed E-state index contributed by atoms with van der Waals surface area (Å²) in [4.78, 5) is 17.4. The molecule has 2 aromatic heterocycles. The van der Waals surface area contributed by atoms with Crippen molar-refractivity contribution >= 4 is 44.7 Å². The molecule has 1 amide bonds. The first-order valence-electron chi connectivity index (χ1n) is 10.9. The standard InChI is InChI=1S/C22H22ClF3N6O3S/c1-3-18-20(30-13-16(23)6-9-19(30)28-18)21(33)27-12-15-4-7-17(8-5-15)31-10-11-32(14(2)29-31)36(34,35)22(24,25)26/h4-9,13H,3,10-12H2,1-2H3,(H,27,33). The number of imidazole rings is 1. The summed E-state index contributed by atoms with van der Waals surface area (Å²) < 4.78 is 63.9. The second-order valence-electron chi connectivity index (χ2n) is 7.98. The van der Waals surface area contributed by atoms with E-state index in [2.05, 4.69) is 15.4 Å². The number of aryl methyl sites for hydroxylation is 1. The summed E-state index contributed by atoms with van der Waals surface area (Å²) >= 11 is 6.08. The highest BCUT2D eigenvalue weighted by atomic mass is 35.5. The van der Waals surface area contributed by atoms with E-state index in [1.165, 1.54) is 11.9 Å². The Bertz CT molecular complexity index is 1440. The number of benzene rings is 1. The molecule has 3 heterocycles. The molecule has 0 aliphatic carbocycles. The van der Waals surface area contributed by atoms with Crippen molar-refractivity contribution in [1.29, 1.82) is 0 Å². The van der Waals surface area contributed by atoms with Gasteiger partial charge in [-0.1, -0.05) is 30.7 Å². The molecule has 1 aliphatic heterocycles. The Morgan fingerprint density at radius 2 is 1.83 bits per heavy atom. The predicted octanol–water partition coefficient (Wildman–Crippen LogP) is 3.79. The minimum absolute atomic E-state index is 0.0562. The number of carbonyl (C=O) groups is 1. The molecule has 0 saturated carbocycles. The van der Waals surface area contributed by atoms with E-state index in [-0.39, 0.29) is 29.1 Å². The topological polar surface area (TPSA) is 99.4 Å². The van der Waals surface area contributed by atoms with Crippen LogP contribution in [0.2, 0.25) is 5.02 Å². The summed E-state index contributed by atoms with van der Waals surface area (Å²) in [6.07, 6.45) is 2.20. The number of fused-ring (bicyclic) bond motifs is 1. The third kappa shape index (κ3) is 4.85. The summed E-state index contributed by atoms with van der Waals surface area (Å²) in [5.74, 6) is -0.595. The van der Waals surface area contributed by atoms with Gasteiger partial charge >= 0.3 is 15.5 Å². The number of rotatable bonds is 6. The zero-order valence-corrected chi connectivity index (χ0v) is 20.8. The molecular weight excluding hydrogens is 521 g/mol. The van der Waals surface area contributed by atoms with Gasteiger partial charge in [0.15, 0.2) is 0 Å². The molecule has 0 spiro atoms. The highest BCUT2D eigenvalue weighted by Gasteiger charge is 2.51. The van der Waals surface area contributed by atoms with E-state index < -0.39 is 22.1 Å². The van der Waals surface area contributed by atoms with Gasteiger partial charge in [-0.25, -0.2) is 9.29 Å². The number of hydrazone groups is 1. The molecule has 0 radical (unpaired) electrons. The van der Waals surface area contributed by atoms with Gasteiger partial charge in [-0.2, -0.15) is 26.7 Å². The smallest absolute Gasteiger partial charge is 0.347 e. The first kappa shape index (κ1) is 25.8. The lowest BCUT2D eigenvalue weighted by molar-refractivity contribution is -0.0473. The number of carbonyl (C=O) groups excluding carboxylic acids is 1. The second-order valence-corrected chi connectivity index (χ2v) is 10.3. The van der Waals surface area contributed by atoms with E-state index in [1.54, 1.807) is 47.0 Å².